The van der Waals surface area contributed by atoms with Gasteiger partial charge in [-0.3, -0.25) is 4.79 Å². The first-order chi connectivity index (χ1) is 11.6. The van der Waals surface area contributed by atoms with Crippen LogP contribution >= 0.6 is 0 Å². The number of unbranched alkanes of at least 4 members (excludes halogenated alkanes) is 3. The third-order valence-electron chi connectivity index (χ3n) is 3.48. The average molecular weight is 336 g/mol. The van der Waals surface area contributed by atoms with E-state index in [1.807, 2.05) is 12.2 Å². The van der Waals surface area contributed by atoms with Gasteiger partial charge in [0.1, 0.15) is 0 Å². The van der Waals surface area contributed by atoms with E-state index in [2.05, 4.69) is 25.2 Å². The summed E-state index contributed by atoms with van der Waals surface area (Å²) in [5.41, 5.74) is 0. The third-order valence-corrected chi connectivity index (χ3v) is 3.48. The van der Waals surface area contributed by atoms with Crippen molar-refractivity contribution in [1.82, 2.24) is 0 Å². The molecule has 0 saturated carbocycles. The number of aliphatic hydroxyl groups excluding tert-OH is 2. The molecule has 0 aromatic carbocycles. The molecule has 0 saturated heterocycles. The van der Waals surface area contributed by atoms with Gasteiger partial charge in [0.05, 0.1) is 12.2 Å². The second-order valence-corrected chi connectivity index (χ2v) is 5.74. The van der Waals surface area contributed by atoms with Gasteiger partial charge in [-0.25, -0.2) is 0 Å². The van der Waals surface area contributed by atoms with Gasteiger partial charge in [0.15, 0.2) is 0 Å². The molecule has 0 fully saturated rings. The van der Waals surface area contributed by atoms with Gasteiger partial charge in [-0.2, -0.15) is 0 Å². The molecule has 0 aliphatic rings. The number of rotatable bonds is 14. The lowest BCUT2D eigenvalue weighted by molar-refractivity contribution is -0.137. The minimum atomic E-state index is -0.974. The first kappa shape index (κ1) is 22.4. The van der Waals surface area contributed by atoms with Gasteiger partial charge in [-0.1, -0.05) is 68.4 Å². The summed E-state index contributed by atoms with van der Waals surface area (Å²) < 4.78 is 0. The van der Waals surface area contributed by atoms with Gasteiger partial charge < -0.3 is 15.3 Å². The maximum Gasteiger partial charge on any atom is 0.303 e. The molecule has 0 bridgehead atoms. The SMILES string of the molecule is CCCCC/C=C\C\C=C/C=C/C=C/[C@H](O)[C@@H](O)CCCC(=O)O. The number of carboxylic acid groups (broad SMARTS) is 1. The predicted molar refractivity (Wildman–Crippen MR) is 98.8 cm³/mol. The van der Waals surface area contributed by atoms with Crippen LogP contribution in [0.5, 0.6) is 0 Å². The number of hydrogen-bond donors (Lipinski definition) is 3. The molecule has 4 heteroatoms. The van der Waals surface area contributed by atoms with Gasteiger partial charge in [0.2, 0.25) is 0 Å². The Kier molecular flexibility index (Phi) is 15.1. The lowest BCUT2D eigenvalue weighted by Crippen LogP contribution is -2.23. The van der Waals surface area contributed by atoms with E-state index in [4.69, 9.17) is 5.11 Å². The van der Waals surface area contributed by atoms with Crippen LogP contribution in [0.1, 0.15) is 58.3 Å². The Hall–Kier alpha value is -1.65. The van der Waals surface area contributed by atoms with Crippen LogP contribution < -0.4 is 0 Å². The lowest BCUT2D eigenvalue weighted by atomic mass is 10.1. The second-order valence-electron chi connectivity index (χ2n) is 5.74. The topological polar surface area (TPSA) is 77.8 Å². The van der Waals surface area contributed by atoms with E-state index < -0.39 is 18.2 Å². The molecular weight excluding hydrogens is 304 g/mol. The van der Waals surface area contributed by atoms with Crippen molar-refractivity contribution in [2.24, 2.45) is 0 Å². The third kappa shape index (κ3) is 15.3. The van der Waals surface area contributed by atoms with Crippen LogP contribution in [0.15, 0.2) is 48.6 Å². The van der Waals surface area contributed by atoms with Crippen molar-refractivity contribution in [3.8, 4) is 0 Å². The van der Waals surface area contributed by atoms with E-state index >= 15 is 0 Å². The summed E-state index contributed by atoms with van der Waals surface area (Å²) in [5.74, 6) is -0.891. The highest BCUT2D eigenvalue weighted by Crippen LogP contribution is 2.06. The Morgan fingerprint density at radius 2 is 1.71 bits per heavy atom. The summed E-state index contributed by atoms with van der Waals surface area (Å²) in [6, 6.07) is 0. The summed E-state index contributed by atoms with van der Waals surface area (Å²) in [7, 11) is 0. The Labute approximate surface area is 145 Å². The van der Waals surface area contributed by atoms with Crippen LogP contribution in [0.2, 0.25) is 0 Å². The Balaban J connectivity index is 3.81. The number of carbonyl (C=O) groups is 1. The molecular formula is C20H32O4. The largest absolute Gasteiger partial charge is 0.481 e. The van der Waals surface area contributed by atoms with Crippen molar-refractivity contribution in [2.75, 3.05) is 0 Å². The summed E-state index contributed by atoms with van der Waals surface area (Å²) in [5, 5.41) is 27.9. The molecule has 0 radical (unpaired) electrons. The summed E-state index contributed by atoms with van der Waals surface area (Å²) in [6.45, 7) is 2.20. The molecule has 0 aromatic rings. The van der Waals surface area contributed by atoms with Crippen LogP contribution in [-0.2, 0) is 4.79 Å². The van der Waals surface area contributed by atoms with Gasteiger partial charge in [-0.05, 0) is 32.1 Å². The minimum absolute atomic E-state index is 0.00520. The summed E-state index contributed by atoms with van der Waals surface area (Å²) in [4.78, 5) is 10.4. The van der Waals surface area contributed by atoms with Crippen molar-refractivity contribution < 1.29 is 20.1 Å². The van der Waals surface area contributed by atoms with Gasteiger partial charge in [-0.15, -0.1) is 0 Å². The molecule has 0 aromatic heterocycles. The van der Waals surface area contributed by atoms with Gasteiger partial charge in [0, 0.05) is 6.42 Å². The predicted octanol–water partition coefficient (Wildman–Crippen LogP) is 4.16. The fourth-order valence-corrected chi connectivity index (χ4v) is 2.03. The minimum Gasteiger partial charge on any atom is -0.481 e. The van der Waals surface area contributed by atoms with E-state index in [1.54, 1.807) is 12.2 Å². The normalized spacial score (nSPS) is 15.1. The number of carboxylic acids is 1. The zero-order valence-corrected chi connectivity index (χ0v) is 14.7. The van der Waals surface area contributed by atoms with E-state index in [9.17, 15) is 15.0 Å². The molecule has 0 aliphatic heterocycles. The molecule has 24 heavy (non-hydrogen) atoms. The molecule has 136 valence electrons. The number of aliphatic carboxylic acids is 1. The van der Waals surface area contributed by atoms with Crippen LogP contribution in [0.25, 0.3) is 0 Å². The quantitative estimate of drug-likeness (QED) is 0.253. The maximum absolute atomic E-state index is 10.4. The first-order valence-electron chi connectivity index (χ1n) is 8.80. The van der Waals surface area contributed by atoms with E-state index in [0.29, 0.717) is 6.42 Å². The van der Waals surface area contributed by atoms with Crippen LogP contribution in [-0.4, -0.2) is 33.5 Å². The van der Waals surface area contributed by atoms with E-state index in [1.165, 1.54) is 25.3 Å². The molecule has 0 amide bonds. The molecule has 0 rings (SSSR count). The highest BCUT2D eigenvalue weighted by atomic mass is 16.4. The number of aliphatic hydroxyl groups is 2. The van der Waals surface area contributed by atoms with Crippen molar-refractivity contribution >= 4 is 5.97 Å². The number of hydrogen-bond acceptors (Lipinski definition) is 3. The molecule has 4 nitrogen and oxygen atoms in total. The molecule has 0 aliphatic carbocycles. The molecule has 0 unspecified atom stereocenters. The maximum atomic E-state index is 10.4. The molecule has 3 N–H and O–H groups in total. The zero-order chi connectivity index (χ0) is 18.0. The Bertz CT molecular complexity index is 421. The van der Waals surface area contributed by atoms with Crippen molar-refractivity contribution in [1.29, 1.82) is 0 Å². The highest BCUT2D eigenvalue weighted by molar-refractivity contribution is 5.66. The first-order valence-corrected chi connectivity index (χ1v) is 8.80. The van der Waals surface area contributed by atoms with Gasteiger partial charge >= 0.3 is 5.97 Å². The van der Waals surface area contributed by atoms with E-state index in [-0.39, 0.29) is 12.8 Å². The fourth-order valence-electron chi connectivity index (χ4n) is 2.03. The van der Waals surface area contributed by atoms with Crippen molar-refractivity contribution in [3.63, 3.8) is 0 Å². The molecule has 2 atom stereocenters. The zero-order valence-electron chi connectivity index (χ0n) is 14.7. The Morgan fingerprint density at radius 3 is 2.42 bits per heavy atom. The molecule has 0 spiro atoms. The monoisotopic (exact) mass is 336 g/mol. The van der Waals surface area contributed by atoms with Gasteiger partial charge in [0.25, 0.3) is 0 Å². The fraction of sp³-hybridized carbons (Fsp3) is 0.550. The lowest BCUT2D eigenvalue weighted by Gasteiger charge is -2.13. The van der Waals surface area contributed by atoms with Crippen molar-refractivity contribution in [2.45, 2.75) is 70.5 Å². The summed E-state index contributed by atoms with van der Waals surface area (Å²) in [6.07, 6.45) is 19.8. The van der Waals surface area contributed by atoms with E-state index in [0.717, 1.165) is 12.8 Å². The summed E-state index contributed by atoms with van der Waals surface area (Å²) >= 11 is 0. The van der Waals surface area contributed by atoms with Crippen molar-refractivity contribution in [3.05, 3.63) is 48.6 Å². The van der Waals surface area contributed by atoms with Crippen LogP contribution in [0, 0.1) is 0 Å². The highest BCUT2D eigenvalue weighted by Gasteiger charge is 2.12. The van der Waals surface area contributed by atoms with Crippen LogP contribution in [0.3, 0.4) is 0 Å². The molecule has 0 heterocycles. The average Bonchev–Trinajstić information content (AvgIpc) is 2.55. The smallest absolute Gasteiger partial charge is 0.303 e. The number of allylic oxidation sites excluding steroid dienone is 7. The second kappa shape index (κ2) is 16.2. The Morgan fingerprint density at radius 1 is 0.958 bits per heavy atom. The van der Waals surface area contributed by atoms with Crippen LogP contribution in [0.4, 0.5) is 0 Å². The standard InChI is InChI=1S/C20H32O4/c1-2-3-4-5-6-7-8-9-10-11-12-13-15-18(21)19(22)16-14-17-20(23)24/h6-7,9-13,15,18-19,21-22H,2-5,8,14,16-17H2,1H3,(H,23,24)/b7-6-,10-9-,12-11+,15-13+/t18-,19-/m0/s1.